The zero-order valence-electron chi connectivity index (χ0n) is 8.94. The molecule has 0 rings (SSSR count). The lowest BCUT2D eigenvalue weighted by Gasteiger charge is -2.29. The van der Waals surface area contributed by atoms with E-state index >= 15 is 0 Å². The number of quaternary nitrogens is 1. The maximum atomic E-state index is 10.5. The highest BCUT2D eigenvalue weighted by Crippen LogP contribution is 2.02. The Bertz CT molecular complexity index is 249. The summed E-state index contributed by atoms with van der Waals surface area (Å²) in [5.74, 6) is -0.155. The number of nitrogens with two attached hydrogens (primary N) is 1. The van der Waals surface area contributed by atoms with Gasteiger partial charge in [0.15, 0.2) is 0 Å². The minimum Gasteiger partial charge on any atom is -0.330 e. The van der Waals surface area contributed by atoms with E-state index in [0.29, 0.717) is 13.0 Å². The van der Waals surface area contributed by atoms with Gasteiger partial charge in [-0.25, -0.2) is 0 Å². The van der Waals surface area contributed by atoms with E-state index in [-0.39, 0.29) is 5.75 Å². The van der Waals surface area contributed by atoms with Gasteiger partial charge in [0.1, 0.15) is 0 Å². The van der Waals surface area contributed by atoms with E-state index in [4.69, 9.17) is 10.3 Å². The van der Waals surface area contributed by atoms with Gasteiger partial charge >= 0.3 is 0 Å². The van der Waals surface area contributed by atoms with Crippen molar-refractivity contribution in [3.63, 3.8) is 0 Å². The number of rotatable bonds is 7. The van der Waals surface area contributed by atoms with Crippen LogP contribution >= 0.6 is 0 Å². The Morgan fingerprint density at radius 2 is 1.71 bits per heavy atom. The molecule has 0 saturated heterocycles. The van der Waals surface area contributed by atoms with E-state index in [1.165, 1.54) is 0 Å². The van der Waals surface area contributed by atoms with Crippen molar-refractivity contribution in [3.05, 3.63) is 0 Å². The van der Waals surface area contributed by atoms with Crippen LogP contribution in [0.3, 0.4) is 0 Å². The summed E-state index contributed by atoms with van der Waals surface area (Å²) in [6.07, 6.45) is 1.41. The summed E-state index contributed by atoms with van der Waals surface area (Å²) in [5.41, 5.74) is 5.39. The van der Waals surface area contributed by atoms with E-state index in [1.54, 1.807) is 0 Å². The second kappa shape index (κ2) is 5.65. The van der Waals surface area contributed by atoms with Gasteiger partial charge in [0, 0.05) is 12.8 Å². The van der Waals surface area contributed by atoms with E-state index in [1.807, 2.05) is 14.1 Å². The predicted molar refractivity (Wildman–Crippen MR) is 56.5 cm³/mol. The van der Waals surface area contributed by atoms with E-state index in [2.05, 4.69) is 0 Å². The molecule has 0 aliphatic heterocycles. The van der Waals surface area contributed by atoms with E-state index < -0.39 is 10.1 Å². The zero-order valence-corrected chi connectivity index (χ0v) is 9.76. The molecule has 0 aromatic heterocycles. The number of hydrogen-bond donors (Lipinski definition) is 2. The van der Waals surface area contributed by atoms with Gasteiger partial charge in [0.2, 0.25) is 0 Å². The lowest BCUT2D eigenvalue weighted by molar-refractivity contribution is -0.890. The van der Waals surface area contributed by atoms with E-state index in [9.17, 15) is 8.42 Å². The molecule has 0 atom stereocenters. The minimum absolute atomic E-state index is 0.155. The van der Waals surface area contributed by atoms with Crippen molar-refractivity contribution in [3.8, 4) is 0 Å². The van der Waals surface area contributed by atoms with Crippen molar-refractivity contribution in [2.75, 3.05) is 39.5 Å². The third-order valence-corrected chi connectivity index (χ3v) is 2.94. The molecule has 86 valence electrons. The molecule has 0 fully saturated rings. The normalized spacial score (nSPS) is 13.1. The first-order valence-electron chi connectivity index (χ1n) is 4.74. The van der Waals surface area contributed by atoms with Gasteiger partial charge in [-0.15, -0.1) is 0 Å². The summed E-state index contributed by atoms with van der Waals surface area (Å²) in [4.78, 5) is 0. The summed E-state index contributed by atoms with van der Waals surface area (Å²) in [6, 6.07) is 0. The molecule has 0 amide bonds. The second-order valence-electron chi connectivity index (χ2n) is 4.16. The summed E-state index contributed by atoms with van der Waals surface area (Å²) in [5, 5.41) is 0. The Morgan fingerprint density at radius 3 is 2.14 bits per heavy atom. The molecule has 0 saturated carbocycles. The molecule has 0 aliphatic rings. The van der Waals surface area contributed by atoms with Crippen LogP contribution in [0, 0.1) is 0 Å². The summed E-state index contributed by atoms with van der Waals surface area (Å²) >= 11 is 0. The maximum absolute atomic E-state index is 10.5. The lowest BCUT2D eigenvalue weighted by Crippen LogP contribution is -2.42. The molecule has 0 aromatic carbocycles. The Labute approximate surface area is 86.2 Å². The molecule has 0 bridgehead atoms. The van der Waals surface area contributed by atoms with Crippen LogP contribution in [0.2, 0.25) is 0 Å². The first-order chi connectivity index (χ1) is 6.27. The van der Waals surface area contributed by atoms with Gasteiger partial charge in [-0.2, -0.15) is 8.42 Å². The fourth-order valence-electron chi connectivity index (χ4n) is 1.31. The Balaban J connectivity index is 3.76. The highest BCUT2D eigenvalue weighted by molar-refractivity contribution is 7.85. The molecule has 0 radical (unpaired) electrons. The average Bonchev–Trinajstić information content (AvgIpc) is 1.98. The van der Waals surface area contributed by atoms with Crippen LogP contribution in [0.4, 0.5) is 0 Å². The van der Waals surface area contributed by atoms with Gasteiger partial charge in [0.05, 0.1) is 32.9 Å². The SMILES string of the molecule is C[N+](C)(CCCN)CCCS(=O)(=O)O. The van der Waals surface area contributed by atoms with Crippen LogP contribution in [-0.2, 0) is 10.1 Å². The molecule has 0 aliphatic carbocycles. The first-order valence-corrected chi connectivity index (χ1v) is 6.35. The topological polar surface area (TPSA) is 80.4 Å². The fraction of sp³-hybridized carbons (Fsp3) is 1.00. The molecule has 0 spiro atoms. The molecule has 5 nitrogen and oxygen atoms in total. The van der Waals surface area contributed by atoms with Crippen LogP contribution in [-0.4, -0.2) is 56.9 Å². The third kappa shape index (κ3) is 8.43. The zero-order chi connectivity index (χ0) is 11.2. The summed E-state index contributed by atoms with van der Waals surface area (Å²) < 4.78 is 30.2. The monoisotopic (exact) mass is 225 g/mol. The van der Waals surface area contributed by atoms with Crippen molar-refractivity contribution in [2.24, 2.45) is 5.73 Å². The van der Waals surface area contributed by atoms with Gasteiger partial charge in [-0.1, -0.05) is 0 Å². The van der Waals surface area contributed by atoms with Crippen molar-refractivity contribution < 1.29 is 17.5 Å². The maximum Gasteiger partial charge on any atom is 0.265 e. The van der Waals surface area contributed by atoms with Crippen molar-refractivity contribution in [2.45, 2.75) is 12.8 Å². The van der Waals surface area contributed by atoms with Crippen LogP contribution in [0.15, 0.2) is 0 Å². The molecule has 0 aromatic rings. The Morgan fingerprint density at radius 1 is 1.21 bits per heavy atom. The van der Waals surface area contributed by atoms with Gasteiger partial charge in [0.25, 0.3) is 10.1 Å². The number of nitrogens with zero attached hydrogens (tertiary/aromatic N) is 1. The quantitative estimate of drug-likeness (QED) is 0.460. The molecular formula is C8H21N2O3S+. The molecular weight excluding hydrogens is 204 g/mol. The molecule has 3 N–H and O–H groups in total. The van der Waals surface area contributed by atoms with Crippen LogP contribution in [0.25, 0.3) is 0 Å². The van der Waals surface area contributed by atoms with Crippen LogP contribution < -0.4 is 5.73 Å². The average molecular weight is 225 g/mol. The third-order valence-electron chi connectivity index (χ3n) is 2.13. The minimum atomic E-state index is -3.80. The van der Waals surface area contributed by atoms with Crippen LogP contribution in [0.1, 0.15) is 12.8 Å². The highest BCUT2D eigenvalue weighted by Gasteiger charge is 2.15. The molecule has 6 heteroatoms. The van der Waals surface area contributed by atoms with Crippen molar-refractivity contribution in [1.82, 2.24) is 0 Å². The van der Waals surface area contributed by atoms with Gasteiger partial charge < -0.3 is 10.2 Å². The molecule has 0 unspecified atom stereocenters. The largest absolute Gasteiger partial charge is 0.330 e. The van der Waals surface area contributed by atoms with E-state index in [0.717, 1.165) is 24.0 Å². The standard InChI is InChI=1S/C8H20N2O3S/c1-10(2,6-3-5-9)7-4-8-14(11,12)13/h3-9H2,1-2H3/p+1. The predicted octanol–water partition coefficient (Wildman–Crippen LogP) is -0.310. The van der Waals surface area contributed by atoms with Gasteiger partial charge in [-0.05, 0) is 6.54 Å². The molecule has 0 heterocycles. The van der Waals surface area contributed by atoms with Crippen molar-refractivity contribution >= 4 is 10.1 Å². The lowest BCUT2D eigenvalue weighted by atomic mass is 10.3. The van der Waals surface area contributed by atoms with Gasteiger partial charge in [-0.3, -0.25) is 4.55 Å². The summed E-state index contributed by atoms with van der Waals surface area (Å²) in [7, 11) is 0.253. The first kappa shape index (κ1) is 13.8. The highest BCUT2D eigenvalue weighted by atomic mass is 32.2. The molecule has 14 heavy (non-hydrogen) atoms. The fourth-order valence-corrected chi connectivity index (χ4v) is 1.80. The number of hydrogen-bond acceptors (Lipinski definition) is 3. The second-order valence-corrected chi connectivity index (χ2v) is 5.74. The smallest absolute Gasteiger partial charge is 0.265 e. The Kier molecular flexibility index (Phi) is 5.58. The Hall–Kier alpha value is -0.170. The van der Waals surface area contributed by atoms with Crippen molar-refractivity contribution in [1.29, 1.82) is 0 Å². The van der Waals surface area contributed by atoms with Crippen LogP contribution in [0.5, 0.6) is 0 Å². The summed E-state index contributed by atoms with van der Waals surface area (Å²) in [6.45, 7) is 2.32.